The Morgan fingerprint density at radius 2 is 1.85 bits per heavy atom. The van der Waals surface area contributed by atoms with E-state index in [-0.39, 0.29) is 6.04 Å². The molecule has 0 bridgehead atoms. The second-order valence-electron chi connectivity index (χ2n) is 7.04. The topological polar surface area (TPSA) is 73.5 Å². The fraction of sp³-hybridized carbons (Fsp3) is 0.333. The summed E-state index contributed by atoms with van der Waals surface area (Å²) in [6.45, 7) is 5.98. The first-order valence-electron chi connectivity index (χ1n) is 9.14. The van der Waals surface area contributed by atoms with Crippen molar-refractivity contribution in [3.63, 3.8) is 0 Å². The lowest BCUT2D eigenvalue weighted by Gasteiger charge is -2.26. The van der Waals surface area contributed by atoms with Crippen LogP contribution in [-0.2, 0) is 6.54 Å². The summed E-state index contributed by atoms with van der Waals surface area (Å²) in [6, 6.07) is 12.3. The van der Waals surface area contributed by atoms with Gasteiger partial charge < -0.3 is 15.2 Å². The zero-order chi connectivity index (χ0) is 19.0. The van der Waals surface area contributed by atoms with Gasteiger partial charge in [0.15, 0.2) is 11.5 Å². The number of hydrogen-bond acceptors (Lipinski definition) is 6. The van der Waals surface area contributed by atoms with E-state index in [0.29, 0.717) is 25.6 Å². The monoisotopic (exact) mass is 364 g/mol. The number of nitrogens with two attached hydrogens (primary N) is 1. The maximum absolute atomic E-state index is 6.17. The lowest BCUT2D eigenvalue weighted by Crippen LogP contribution is -2.24. The summed E-state index contributed by atoms with van der Waals surface area (Å²) in [5, 5.41) is 0.904. The molecule has 1 aliphatic heterocycles. The van der Waals surface area contributed by atoms with Crippen molar-refractivity contribution in [1.82, 2.24) is 14.9 Å². The molecule has 1 atom stereocenters. The molecule has 0 fully saturated rings. The van der Waals surface area contributed by atoms with Crippen LogP contribution in [0, 0.1) is 6.92 Å². The number of aryl methyl sites for hydroxylation is 1. The minimum absolute atomic E-state index is 0.166. The minimum atomic E-state index is 0.166. The van der Waals surface area contributed by atoms with Crippen molar-refractivity contribution >= 4 is 16.7 Å². The van der Waals surface area contributed by atoms with Gasteiger partial charge in [-0.2, -0.15) is 0 Å². The highest BCUT2D eigenvalue weighted by Crippen LogP contribution is 2.34. The van der Waals surface area contributed by atoms with Crippen LogP contribution < -0.4 is 15.2 Å². The number of rotatable bonds is 4. The van der Waals surface area contributed by atoms with Gasteiger partial charge in [0.25, 0.3) is 0 Å². The minimum Gasteiger partial charge on any atom is -0.486 e. The molecule has 6 nitrogen and oxygen atoms in total. The molecule has 2 heterocycles. The zero-order valence-corrected chi connectivity index (χ0v) is 15.9. The van der Waals surface area contributed by atoms with Gasteiger partial charge in [-0.3, -0.25) is 4.90 Å². The molecule has 2 N–H and O–H groups in total. The molecular formula is C21H24N4O2. The Labute approximate surface area is 158 Å². The molecule has 0 aliphatic carbocycles. The fourth-order valence-electron chi connectivity index (χ4n) is 3.32. The van der Waals surface area contributed by atoms with Gasteiger partial charge in [-0.25, -0.2) is 9.97 Å². The van der Waals surface area contributed by atoms with Crippen molar-refractivity contribution < 1.29 is 9.47 Å². The van der Waals surface area contributed by atoms with Crippen molar-refractivity contribution in [2.24, 2.45) is 0 Å². The highest BCUT2D eigenvalue weighted by atomic mass is 16.6. The van der Waals surface area contributed by atoms with E-state index in [1.807, 2.05) is 37.3 Å². The molecule has 0 spiro atoms. The van der Waals surface area contributed by atoms with Crippen LogP contribution in [0.25, 0.3) is 10.9 Å². The van der Waals surface area contributed by atoms with Crippen LogP contribution in [0.15, 0.2) is 36.4 Å². The van der Waals surface area contributed by atoms with E-state index in [2.05, 4.69) is 34.9 Å². The number of fused-ring (bicyclic) bond motifs is 2. The van der Waals surface area contributed by atoms with Gasteiger partial charge in [-0.1, -0.05) is 17.7 Å². The van der Waals surface area contributed by atoms with Crippen LogP contribution in [0.4, 0.5) is 5.82 Å². The van der Waals surface area contributed by atoms with Gasteiger partial charge in [0.05, 0.1) is 12.1 Å². The van der Waals surface area contributed by atoms with Crippen molar-refractivity contribution in [2.45, 2.75) is 26.4 Å². The van der Waals surface area contributed by atoms with Crippen LogP contribution in [0.1, 0.15) is 29.9 Å². The number of hydrogen-bond donors (Lipinski definition) is 1. The molecule has 2 aromatic carbocycles. The second kappa shape index (κ2) is 7.04. The maximum Gasteiger partial charge on any atom is 0.161 e. The van der Waals surface area contributed by atoms with Crippen LogP contribution >= 0.6 is 0 Å². The van der Waals surface area contributed by atoms with Gasteiger partial charge in [0.1, 0.15) is 24.9 Å². The summed E-state index contributed by atoms with van der Waals surface area (Å²) in [7, 11) is 2.06. The van der Waals surface area contributed by atoms with Gasteiger partial charge in [-0.05, 0) is 50.7 Å². The van der Waals surface area contributed by atoms with E-state index in [1.54, 1.807) is 0 Å². The lowest BCUT2D eigenvalue weighted by molar-refractivity contribution is 0.170. The summed E-state index contributed by atoms with van der Waals surface area (Å²) < 4.78 is 11.3. The van der Waals surface area contributed by atoms with Crippen LogP contribution in [0.3, 0.4) is 0 Å². The standard InChI is InChI=1S/C21H24N4O2/c1-13-4-6-17-16(10-13)21(22)24-20(23-17)12-25(3)14(2)15-5-7-18-19(11-15)27-9-8-26-18/h4-7,10-11,14H,8-9,12H2,1-3H3,(H2,22,23,24). The number of benzene rings is 2. The summed E-state index contributed by atoms with van der Waals surface area (Å²) in [5.74, 6) is 2.86. The zero-order valence-electron chi connectivity index (χ0n) is 15.9. The highest BCUT2D eigenvalue weighted by molar-refractivity contribution is 5.88. The normalized spacial score (nSPS) is 14.5. The third kappa shape index (κ3) is 3.53. The Morgan fingerprint density at radius 1 is 1.07 bits per heavy atom. The Hall–Kier alpha value is -2.86. The largest absolute Gasteiger partial charge is 0.486 e. The SMILES string of the molecule is Cc1ccc2nc(CN(C)C(C)c3ccc4c(c3)OCCO4)nc(N)c2c1. The van der Waals surface area contributed by atoms with E-state index in [4.69, 9.17) is 15.2 Å². The van der Waals surface area contributed by atoms with Crippen molar-refractivity contribution in [3.05, 3.63) is 53.3 Å². The summed E-state index contributed by atoms with van der Waals surface area (Å²) >= 11 is 0. The molecule has 1 unspecified atom stereocenters. The first kappa shape index (κ1) is 17.5. The molecule has 0 saturated heterocycles. The van der Waals surface area contributed by atoms with E-state index >= 15 is 0 Å². The van der Waals surface area contributed by atoms with Crippen LogP contribution in [0.2, 0.25) is 0 Å². The summed E-state index contributed by atoms with van der Waals surface area (Å²) in [4.78, 5) is 11.4. The van der Waals surface area contributed by atoms with Crippen LogP contribution in [0.5, 0.6) is 11.5 Å². The Bertz CT molecular complexity index is 989. The smallest absolute Gasteiger partial charge is 0.161 e. The number of anilines is 1. The highest BCUT2D eigenvalue weighted by Gasteiger charge is 2.18. The Kier molecular flexibility index (Phi) is 4.58. The molecule has 6 heteroatoms. The predicted octanol–water partition coefficient (Wildman–Crippen LogP) is 3.48. The number of aromatic nitrogens is 2. The first-order chi connectivity index (χ1) is 13.0. The Balaban J connectivity index is 1.55. The van der Waals surface area contributed by atoms with Crippen LogP contribution in [-0.4, -0.2) is 35.1 Å². The van der Waals surface area contributed by atoms with Gasteiger partial charge in [0, 0.05) is 11.4 Å². The van der Waals surface area contributed by atoms with E-state index in [0.717, 1.165) is 39.4 Å². The van der Waals surface area contributed by atoms with E-state index in [9.17, 15) is 0 Å². The second-order valence-corrected chi connectivity index (χ2v) is 7.04. The van der Waals surface area contributed by atoms with Gasteiger partial charge in [-0.15, -0.1) is 0 Å². The van der Waals surface area contributed by atoms with Gasteiger partial charge in [0.2, 0.25) is 0 Å². The van der Waals surface area contributed by atoms with Crippen molar-refractivity contribution in [3.8, 4) is 11.5 Å². The number of nitrogen functional groups attached to an aromatic ring is 1. The summed E-state index contributed by atoms with van der Waals surface area (Å²) in [6.07, 6.45) is 0. The lowest BCUT2D eigenvalue weighted by atomic mass is 10.1. The molecule has 0 amide bonds. The molecule has 4 rings (SSSR count). The fourth-order valence-corrected chi connectivity index (χ4v) is 3.32. The van der Waals surface area contributed by atoms with Gasteiger partial charge >= 0.3 is 0 Å². The average Bonchev–Trinajstić information content (AvgIpc) is 2.67. The molecule has 140 valence electrons. The predicted molar refractivity (Wildman–Crippen MR) is 106 cm³/mol. The summed E-state index contributed by atoms with van der Waals surface area (Å²) in [5.41, 5.74) is 9.35. The van der Waals surface area contributed by atoms with E-state index < -0.39 is 0 Å². The first-order valence-corrected chi connectivity index (χ1v) is 9.14. The molecule has 1 aromatic heterocycles. The number of ether oxygens (including phenoxy) is 2. The molecule has 0 radical (unpaired) electrons. The third-order valence-electron chi connectivity index (χ3n) is 5.03. The molecule has 27 heavy (non-hydrogen) atoms. The Morgan fingerprint density at radius 3 is 2.67 bits per heavy atom. The molecule has 0 saturated carbocycles. The van der Waals surface area contributed by atoms with Crippen molar-refractivity contribution in [2.75, 3.05) is 26.0 Å². The molecular weight excluding hydrogens is 340 g/mol. The van der Waals surface area contributed by atoms with E-state index in [1.165, 1.54) is 0 Å². The maximum atomic E-state index is 6.17. The quantitative estimate of drug-likeness (QED) is 0.764. The third-order valence-corrected chi connectivity index (χ3v) is 5.03. The number of nitrogens with zero attached hydrogens (tertiary/aromatic N) is 3. The van der Waals surface area contributed by atoms with Crippen molar-refractivity contribution in [1.29, 1.82) is 0 Å². The molecule has 3 aromatic rings. The average molecular weight is 364 g/mol. The molecule has 1 aliphatic rings.